The molecule has 0 amide bonds. The van der Waals surface area contributed by atoms with Crippen molar-refractivity contribution in [3.63, 3.8) is 0 Å². The summed E-state index contributed by atoms with van der Waals surface area (Å²) in [6, 6.07) is 9.65. The highest BCUT2D eigenvalue weighted by atomic mass is 15.2. The maximum Gasteiger partial charge on any atom is 0.151 e. The van der Waals surface area contributed by atoms with Gasteiger partial charge in [0.15, 0.2) is 5.84 Å². The van der Waals surface area contributed by atoms with Gasteiger partial charge in [-0.15, -0.1) is 0 Å². The van der Waals surface area contributed by atoms with E-state index in [0.717, 1.165) is 22.2 Å². The molecule has 0 unspecified atom stereocenters. The number of aromatic nitrogens is 1. The number of aryl methyl sites for hydroxylation is 1. The smallest absolute Gasteiger partial charge is 0.151 e. The molecule has 1 aromatic heterocycles. The normalized spacial score (nSPS) is 11.9. The van der Waals surface area contributed by atoms with Crippen LogP contribution in [0.25, 0.3) is 10.9 Å². The molecule has 15 heavy (non-hydrogen) atoms. The van der Waals surface area contributed by atoms with Crippen LogP contribution in [0.3, 0.4) is 0 Å². The van der Waals surface area contributed by atoms with Gasteiger partial charge in [-0.3, -0.25) is 4.98 Å². The van der Waals surface area contributed by atoms with Crippen molar-refractivity contribution < 1.29 is 0 Å². The Morgan fingerprint density at radius 3 is 2.80 bits per heavy atom. The van der Waals surface area contributed by atoms with Crippen molar-refractivity contribution >= 4 is 16.7 Å². The average molecular weight is 200 g/mol. The Kier molecular flexibility index (Phi) is 2.25. The molecule has 1 aromatic carbocycles. The number of para-hydroxylation sites is 1. The van der Waals surface area contributed by atoms with Crippen LogP contribution in [0.2, 0.25) is 0 Å². The summed E-state index contributed by atoms with van der Waals surface area (Å²) in [5, 5.41) is 4.48. The summed E-state index contributed by atoms with van der Waals surface area (Å²) in [7, 11) is 0. The molecule has 1 heterocycles. The molecule has 2 aromatic rings. The van der Waals surface area contributed by atoms with Crippen LogP contribution >= 0.6 is 0 Å². The van der Waals surface area contributed by atoms with Gasteiger partial charge in [0.2, 0.25) is 0 Å². The number of hydrogen-bond acceptors (Lipinski definition) is 3. The number of rotatable bonds is 1. The predicted molar refractivity (Wildman–Crippen MR) is 61.4 cm³/mol. The molecule has 2 rings (SSSR count). The van der Waals surface area contributed by atoms with Gasteiger partial charge in [-0.1, -0.05) is 18.2 Å². The van der Waals surface area contributed by atoms with Gasteiger partial charge in [0.05, 0.1) is 5.52 Å². The lowest BCUT2D eigenvalue weighted by Gasteiger charge is -2.06. The third kappa shape index (κ3) is 1.61. The highest BCUT2D eigenvalue weighted by Gasteiger charge is 2.06. The second kappa shape index (κ2) is 3.57. The van der Waals surface area contributed by atoms with Crippen molar-refractivity contribution in [1.29, 1.82) is 0 Å². The second-order valence-corrected chi connectivity index (χ2v) is 3.34. The second-order valence-electron chi connectivity index (χ2n) is 3.34. The van der Waals surface area contributed by atoms with E-state index in [1.165, 1.54) is 0 Å². The SMILES string of the molecule is Cc1cc(/C(N)=N/N)c2ccccc2n1. The maximum atomic E-state index is 5.73. The number of hydrazone groups is 1. The molecule has 0 radical (unpaired) electrons. The van der Waals surface area contributed by atoms with Crippen LogP contribution in [0, 0.1) is 6.92 Å². The third-order valence-corrected chi connectivity index (χ3v) is 2.26. The molecule has 0 atom stereocenters. The molecule has 0 fully saturated rings. The standard InChI is InChI=1S/C11H12N4/c1-7-6-9(11(12)15-13)8-4-2-3-5-10(8)14-7/h2-6H,13H2,1H3,(H2,12,15). The van der Waals surface area contributed by atoms with E-state index < -0.39 is 0 Å². The van der Waals surface area contributed by atoms with E-state index >= 15 is 0 Å². The van der Waals surface area contributed by atoms with Gasteiger partial charge >= 0.3 is 0 Å². The number of amidine groups is 1. The Bertz CT molecular complexity index is 531. The fraction of sp³-hybridized carbons (Fsp3) is 0.0909. The fourth-order valence-corrected chi connectivity index (χ4v) is 1.59. The van der Waals surface area contributed by atoms with Crippen molar-refractivity contribution in [3.8, 4) is 0 Å². The van der Waals surface area contributed by atoms with E-state index in [4.69, 9.17) is 11.6 Å². The summed E-state index contributed by atoms with van der Waals surface area (Å²) in [5.74, 6) is 5.52. The first-order valence-corrected chi connectivity index (χ1v) is 4.62. The number of fused-ring (bicyclic) bond motifs is 1. The van der Waals surface area contributed by atoms with Crippen LogP contribution in [0.1, 0.15) is 11.3 Å². The molecule has 76 valence electrons. The first kappa shape index (κ1) is 9.45. The Morgan fingerprint density at radius 1 is 1.33 bits per heavy atom. The Labute approximate surface area is 87.6 Å². The van der Waals surface area contributed by atoms with Gasteiger partial charge in [0.1, 0.15) is 0 Å². The molecule has 4 nitrogen and oxygen atoms in total. The zero-order valence-electron chi connectivity index (χ0n) is 8.44. The van der Waals surface area contributed by atoms with Crippen LogP contribution in [0.5, 0.6) is 0 Å². The van der Waals surface area contributed by atoms with Crippen LogP contribution < -0.4 is 11.6 Å². The summed E-state index contributed by atoms with van der Waals surface area (Å²) in [6.07, 6.45) is 0. The number of nitrogens with zero attached hydrogens (tertiary/aromatic N) is 2. The molecule has 0 bridgehead atoms. The van der Waals surface area contributed by atoms with Gasteiger partial charge in [-0.2, -0.15) is 5.10 Å². The van der Waals surface area contributed by atoms with Crippen LogP contribution in [-0.4, -0.2) is 10.8 Å². The Balaban J connectivity index is 2.82. The van der Waals surface area contributed by atoms with E-state index in [0.29, 0.717) is 5.84 Å². The molecule has 4 heteroatoms. The third-order valence-electron chi connectivity index (χ3n) is 2.26. The van der Waals surface area contributed by atoms with Gasteiger partial charge in [0.25, 0.3) is 0 Å². The number of benzene rings is 1. The van der Waals surface area contributed by atoms with Gasteiger partial charge < -0.3 is 11.6 Å². The number of pyridine rings is 1. The molecule has 0 aliphatic heterocycles. The molecule has 0 spiro atoms. The monoisotopic (exact) mass is 200 g/mol. The van der Waals surface area contributed by atoms with Crippen molar-refractivity contribution in [1.82, 2.24) is 4.98 Å². The van der Waals surface area contributed by atoms with E-state index in [-0.39, 0.29) is 0 Å². The lowest BCUT2D eigenvalue weighted by molar-refractivity contribution is 1.21. The quantitative estimate of drug-likeness (QED) is 0.313. The van der Waals surface area contributed by atoms with Crippen molar-refractivity contribution in [3.05, 3.63) is 41.6 Å². The minimum absolute atomic E-state index is 0.330. The molecule has 4 N–H and O–H groups in total. The summed E-state index contributed by atoms with van der Waals surface area (Å²) < 4.78 is 0. The topological polar surface area (TPSA) is 77.3 Å². The molecule has 0 saturated heterocycles. The van der Waals surface area contributed by atoms with Crippen molar-refractivity contribution in [2.24, 2.45) is 16.7 Å². The Morgan fingerprint density at radius 2 is 2.07 bits per heavy atom. The molecular formula is C11H12N4. The minimum atomic E-state index is 0.330. The average Bonchev–Trinajstić information content (AvgIpc) is 2.26. The largest absolute Gasteiger partial charge is 0.382 e. The molecule has 0 aliphatic rings. The summed E-state index contributed by atoms with van der Waals surface area (Å²) in [5.41, 5.74) is 8.36. The molecular weight excluding hydrogens is 188 g/mol. The highest BCUT2D eigenvalue weighted by Crippen LogP contribution is 2.17. The fourth-order valence-electron chi connectivity index (χ4n) is 1.59. The van der Waals surface area contributed by atoms with Crippen LogP contribution in [0.15, 0.2) is 35.4 Å². The van der Waals surface area contributed by atoms with E-state index in [2.05, 4.69) is 10.1 Å². The van der Waals surface area contributed by atoms with E-state index in [1.807, 2.05) is 37.3 Å². The van der Waals surface area contributed by atoms with E-state index in [1.54, 1.807) is 0 Å². The number of nitrogens with two attached hydrogens (primary N) is 2. The first-order valence-electron chi connectivity index (χ1n) is 4.62. The molecule has 0 saturated carbocycles. The van der Waals surface area contributed by atoms with Crippen molar-refractivity contribution in [2.75, 3.05) is 0 Å². The summed E-state index contributed by atoms with van der Waals surface area (Å²) in [6.45, 7) is 1.92. The summed E-state index contributed by atoms with van der Waals surface area (Å²) >= 11 is 0. The zero-order chi connectivity index (χ0) is 10.8. The maximum absolute atomic E-state index is 5.73. The van der Waals surface area contributed by atoms with Crippen LogP contribution in [-0.2, 0) is 0 Å². The number of hydrogen-bond donors (Lipinski definition) is 2. The Hall–Kier alpha value is -2.10. The van der Waals surface area contributed by atoms with Gasteiger partial charge in [0, 0.05) is 16.6 Å². The van der Waals surface area contributed by atoms with Crippen molar-refractivity contribution in [2.45, 2.75) is 6.92 Å². The van der Waals surface area contributed by atoms with Crippen LogP contribution in [0.4, 0.5) is 0 Å². The minimum Gasteiger partial charge on any atom is -0.382 e. The zero-order valence-corrected chi connectivity index (χ0v) is 8.44. The van der Waals surface area contributed by atoms with Gasteiger partial charge in [-0.05, 0) is 19.1 Å². The molecule has 0 aliphatic carbocycles. The predicted octanol–water partition coefficient (Wildman–Crippen LogP) is 1.12. The highest BCUT2D eigenvalue weighted by molar-refractivity contribution is 6.08. The lowest BCUT2D eigenvalue weighted by atomic mass is 10.1. The summed E-state index contributed by atoms with van der Waals surface area (Å²) in [4.78, 5) is 4.40. The lowest BCUT2D eigenvalue weighted by Crippen LogP contribution is -2.16. The van der Waals surface area contributed by atoms with Gasteiger partial charge in [-0.25, -0.2) is 0 Å². The first-order chi connectivity index (χ1) is 7.22. The van der Waals surface area contributed by atoms with E-state index in [9.17, 15) is 0 Å².